The van der Waals surface area contributed by atoms with Crippen molar-refractivity contribution >= 4 is 11.0 Å². The van der Waals surface area contributed by atoms with Crippen LogP contribution in [0.25, 0.3) is 16.7 Å². The smallest absolute Gasteiger partial charge is 0.259 e. The second kappa shape index (κ2) is 4.63. The van der Waals surface area contributed by atoms with Crippen LogP contribution in [0.3, 0.4) is 0 Å². The number of pyridine rings is 2. The molecule has 3 rings (SSSR count). The maximum Gasteiger partial charge on any atom is 0.259 e. The van der Waals surface area contributed by atoms with Crippen LogP contribution in [-0.4, -0.2) is 9.55 Å². The molecule has 0 atom stereocenters. The highest BCUT2D eigenvalue weighted by Crippen LogP contribution is 2.15. The summed E-state index contributed by atoms with van der Waals surface area (Å²) in [7, 11) is 0. The molecule has 0 aliphatic rings. The Kier molecular flexibility index (Phi) is 2.81. The average Bonchev–Trinajstić information content (AvgIpc) is 2.49. The molecule has 0 radical (unpaired) electrons. The number of aryl methyl sites for hydroxylation is 1. The van der Waals surface area contributed by atoms with Crippen molar-refractivity contribution in [1.29, 1.82) is 5.26 Å². The fraction of sp³-hybridized carbons (Fsp3) is 0.0625. The summed E-state index contributed by atoms with van der Waals surface area (Å²) in [6, 6.07) is 14.6. The van der Waals surface area contributed by atoms with E-state index < -0.39 is 0 Å². The first-order valence-corrected chi connectivity index (χ1v) is 6.18. The first kappa shape index (κ1) is 12.1. The van der Waals surface area contributed by atoms with Crippen molar-refractivity contribution in [3.63, 3.8) is 0 Å². The van der Waals surface area contributed by atoms with Crippen LogP contribution in [0.2, 0.25) is 0 Å². The Balaban J connectivity index is 2.37. The first-order chi connectivity index (χ1) is 9.70. The van der Waals surface area contributed by atoms with Gasteiger partial charge in [0, 0.05) is 17.1 Å². The van der Waals surface area contributed by atoms with Gasteiger partial charge in [-0.2, -0.15) is 5.26 Å². The molecule has 0 saturated carbocycles. The summed E-state index contributed by atoms with van der Waals surface area (Å²) in [4.78, 5) is 16.7. The fourth-order valence-electron chi connectivity index (χ4n) is 2.20. The molecule has 2 aromatic heterocycles. The minimum atomic E-state index is -0.0964. The fourth-order valence-corrected chi connectivity index (χ4v) is 2.20. The van der Waals surface area contributed by atoms with Crippen LogP contribution in [0.5, 0.6) is 0 Å². The van der Waals surface area contributed by atoms with Gasteiger partial charge in [0.15, 0.2) is 0 Å². The summed E-state index contributed by atoms with van der Waals surface area (Å²) >= 11 is 0. The quantitative estimate of drug-likeness (QED) is 0.676. The zero-order chi connectivity index (χ0) is 14.1. The summed E-state index contributed by atoms with van der Waals surface area (Å²) in [5, 5.41) is 9.75. The molecule has 0 unspecified atom stereocenters. The van der Waals surface area contributed by atoms with E-state index in [2.05, 4.69) is 11.1 Å². The van der Waals surface area contributed by atoms with Crippen LogP contribution < -0.4 is 5.56 Å². The summed E-state index contributed by atoms with van der Waals surface area (Å²) in [5.74, 6) is 0. The van der Waals surface area contributed by atoms with Gasteiger partial charge in [0.1, 0.15) is 5.65 Å². The van der Waals surface area contributed by atoms with Crippen LogP contribution in [-0.2, 0) is 0 Å². The van der Waals surface area contributed by atoms with Crippen LogP contribution in [0.4, 0.5) is 0 Å². The molecular formula is C16H11N3O. The van der Waals surface area contributed by atoms with E-state index in [0.717, 1.165) is 5.39 Å². The lowest BCUT2D eigenvalue weighted by molar-refractivity contribution is 0.995. The molecule has 2 heterocycles. The Morgan fingerprint density at radius 3 is 2.65 bits per heavy atom. The number of aromatic nitrogens is 2. The summed E-state index contributed by atoms with van der Waals surface area (Å²) in [5.41, 5.74) is 2.46. The highest BCUT2D eigenvalue weighted by molar-refractivity contribution is 5.77. The standard InChI is InChI=1S/C16H11N3O/c1-11-9-13-3-2-8-18-15(13)19(16(11)20)14-6-4-12(10-17)5-7-14/h2-9H,1H3. The number of hydrogen-bond acceptors (Lipinski definition) is 3. The van der Waals surface area contributed by atoms with Gasteiger partial charge < -0.3 is 0 Å². The molecule has 4 heteroatoms. The Morgan fingerprint density at radius 1 is 1.20 bits per heavy atom. The predicted octanol–water partition coefficient (Wildman–Crippen LogP) is 2.57. The lowest BCUT2D eigenvalue weighted by Gasteiger charge is -2.10. The normalized spacial score (nSPS) is 10.4. The molecule has 0 bridgehead atoms. The van der Waals surface area contributed by atoms with Gasteiger partial charge in [0.2, 0.25) is 0 Å². The SMILES string of the molecule is Cc1cc2cccnc2n(-c2ccc(C#N)cc2)c1=O. The second-order valence-corrected chi connectivity index (χ2v) is 4.54. The van der Waals surface area contributed by atoms with Gasteiger partial charge in [-0.25, -0.2) is 4.98 Å². The van der Waals surface area contributed by atoms with Crippen molar-refractivity contribution in [3.05, 3.63) is 70.1 Å². The summed E-state index contributed by atoms with van der Waals surface area (Å²) in [6.45, 7) is 1.79. The summed E-state index contributed by atoms with van der Waals surface area (Å²) < 4.78 is 1.58. The largest absolute Gasteiger partial charge is 0.269 e. The minimum Gasteiger partial charge on any atom is -0.269 e. The molecule has 1 aromatic carbocycles. The molecule has 3 aromatic rings. The van der Waals surface area contributed by atoms with Crippen LogP contribution in [0.1, 0.15) is 11.1 Å². The third kappa shape index (κ3) is 1.86. The lowest BCUT2D eigenvalue weighted by atomic mass is 10.2. The first-order valence-electron chi connectivity index (χ1n) is 6.18. The van der Waals surface area contributed by atoms with E-state index in [0.29, 0.717) is 22.5 Å². The van der Waals surface area contributed by atoms with E-state index in [1.54, 1.807) is 42.0 Å². The molecule has 0 aliphatic carbocycles. The van der Waals surface area contributed by atoms with Gasteiger partial charge in [0.25, 0.3) is 5.56 Å². The molecule has 0 N–H and O–H groups in total. The molecular weight excluding hydrogens is 250 g/mol. The van der Waals surface area contributed by atoms with E-state index in [9.17, 15) is 4.79 Å². The van der Waals surface area contributed by atoms with Crippen molar-refractivity contribution in [1.82, 2.24) is 9.55 Å². The van der Waals surface area contributed by atoms with Gasteiger partial charge in [-0.15, -0.1) is 0 Å². The molecule has 0 saturated heterocycles. The molecule has 20 heavy (non-hydrogen) atoms. The Morgan fingerprint density at radius 2 is 1.95 bits per heavy atom. The number of nitriles is 1. The van der Waals surface area contributed by atoms with Crippen molar-refractivity contribution in [2.75, 3.05) is 0 Å². The van der Waals surface area contributed by atoms with Gasteiger partial charge in [-0.3, -0.25) is 9.36 Å². The van der Waals surface area contributed by atoms with Crippen LogP contribution in [0.15, 0.2) is 53.5 Å². The van der Waals surface area contributed by atoms with E-state index in [1.165, 1.54) is 0 Å². The Hall–Kier alpha value is -2.93. The lowest BCUT2D eigenvalue weighted by Crippen LogP contribution is -2.21. The predicted molar refractivity (Wildman–Crippen MR) is 76.8 cm³/mol. The summed E-state index contributed by atoms with van der Waals surface area (Å²) in [6.07, 6.45) is 1.66. The Labute approximate surface area is 115 Å². The van der Waals surface area contributed by atoms with E-state index in [1.807, 2.05) is 18.2 Å². The second-order valence-electron chi connectivity index (χ2n) is 4.54. The number of hydrogen-bond donors (Lipinski definition) is 0. The molecule has 0 aliphatic heterocycles. The highest BCUT2D eigenvalue weighted by Gasteiger charge is 2.09. The molecule has 0 fully saturated rings. The minimum absolute atomic E-state index is 0.0964. The number of benzene rings is 1. The van der Waals surface area contributed by atoms with Gasteiger partial charge in [-0.05, 0) is 49.4 Å². The van der Waals surface area contributed by atoms with Crippen molar-refractivity contribution < 1.29 is 0 Å². The van der Waals surface area contributed by atoms with E-state index >= 15 is 0 Å². The van der Waals surface area contributed by atoms with Gasteiger partial charge in [0.05, 0.1) is 17.3 Å². The van der Waals surface area contributed by atoms with E-state index in [-0.39, 0.29) is 5.56 Å². The third-order valence-corrected chi connectivity index (χ3v) is 3.20. The van der Waals surface area contributed by atoms with Gasteiger partial charge >= 0.3 is 0 Å². The molecule has 0 amide bonds. The zero-order valence-corrected chi connectivity index (χ0v) is 10.9. The topological polar surface area (TPSA) is 58.7 Å². The third-order valence-electron chi connectivity index (χ3n) is 3.20. The van der Waals surface area contributed by atoms with E-state index in [4.69, 9.17) is 5.26 Å². The van der Waals surface area contributed by atoms with Crippen molar-refractivity contribution in [2.45, 2.75) is 6.92 Å². The average molecular weight is 261 g/mol. The molecule has 96 valence electrons. The number of rotatable bonds is 1. The van der Waals surface area contributed by atoms with Crippen LogP contribution >= 0.6 is 0 Å². The molecule has 4 nitrogen and oxygen atoms in total. The molecule has 0 spiro atoms. The van der Waals surface area contributed by atoms with Crippen molar-refractivity contribution in [3.8, 4) is 11.8 Å². The highest BCUT2D eigenvalue weighted by atomic mass is 16.1. The number of fused-ring (bicyclic) bond motifs is 1. The number of nitrogens with zero attached hydrogens (tertiary/aromatic N) is 3. The monoisotopic (exact) mass is 261 g/mol. The Bertz CT molecular complexity index is 886. The maximum atomic E-state index is 12.4. The van der Waals surface area contributed by atoms with Crippen molar-refractivity contribution in [2.24, 2.45) is 0 Å². The maximum absolute atomic E-state index is 12.4. The van der Waals surface area contributed by atoms with Gasteiger partial charge in [-0.1, -0.05) is 0 Å². The van der Waals surface area contributed by atoms with Crippen LogP contribution in [0, 0.1) is 18.3 Å². The zero-order valence-electron chi connectivity index (χ0n) is 10.9.